The Morgan fingerprint density at radius 3 is 2.65 bits per heavy atom. The summed E-state index contributed by atoms with van der Waals surface area (Å²) in [5.41, 5.74) is 7.59. The van der Waals surface area contributed by atoms with E-state index in [1.54, 1.807) is 6.20 Å². The lowest BCUT2D eigenvalue weighted by molar-refractivity contribution is 0.100. The van der Waals surface area contributed by atoms with Crippen molar-refractivity contribution in [2.24, 2.45) is 11.7 Å². The molecule has 2 N–H and O–H groups in total. The van der Waals surface area contributed by atoms with E-state index >= 15 is 0 Å². The fourth-order valence-corrected chi connectivity index (χ4v) is 2.62. The van der Waals surface area contributed by atoms with Crippen LogP contribution in [-0.4, -0.2) is 15.7 Å². The van der Waals surface area contributed by atoms with Gasteiger partial charge < -0.3 is 5.73 Å². The van der Waals surface area contributed by atoms with E-state index in [1.165, 1.54) is 19.3 Å². The summed E-state index contributed by atoms with van der Waals surface area (Å²) in [6.07, 6.45) is 6.92. The first kappa shape index (κ1) is 12.9. The molecule has 20 heavy (non-hydrogen) atoms. The Labute approximate surface area is 118 Å². The van der Waals surface area contributed by atoms with Crippen LogP contribution in [0.5, 0.6) is 0 Å². The average Bonchev–Trinajstić information content (AvgIpc) is 2.82. The summed E-state index contributed by atoms with van der Waals surface area (Å²) in [5.74, 6) is 0.412. The number of nitrogens with two attached hydrogens (primary N) is 1. The second-order valence-corrected chi connectivity index (χ2v) is 5.47. The van der Waals surface area contributed by atoms with E-state index in [0.717, 1.165) is 24.4 Å². The largest absolute Gasteiger partial charge is 0.365 e. The van der Waals surface area contributed by atoms with Crippen molar-refractivity contribution in [1.29, 1.82) is 0 Å². The number of amides is 1. The van der Waals surface area contributed by atoms with Gasteiger partial charge in [0.15, 0.2) is 0 Å². The molecule has 0 aliphatic heterocycles. The number of primary amides is 1. The molecule has 1 aromatic carbocycles. The summed E-state index contributed by atoms with van der Waals surface area (Å²) in [6.45, 7) is 0.859. The fraction of sp³-hybridized carbons (Fsp3) is 0.375. The first-order valence-corrected chi connectivity index (χ1v) is 7.16. The van der Waals surface area contributed by atoms with Gasteiger partial charge in [-0.3, -0.25) is 9.48 Å². The second-order valence-electron chi connectivity index (χ2n) is 5.47. The number of nitrogens with zero attached hydrogens (tertiary/aromatic N) is 2. The molecule has 2 aromatic rings. The molecule has 1 fully saturated rings. The van der Waals surface area contributed by atoms with Gasteiger partial charge in [0.25, 0.3) is 5.91 Å². The normalized spacial score (nSPS) is 15.0. The fourth-order valence-electron chi connectivity index (χ4n) is 2.62. The van der Waals surface area contributed by atoms with Crippen LogP contribution < -0.4 is 5.73 Å². The van der Waals surface area contributed by atoms with Gasteiger partial charge in [0.05, 0.1) is 5.56 Å². The number of aryl methyl sites for hydroxylation is 1. The van der Waals surface area contributed by atoms with E-state index in [9.17, 15) is 4.79 Å². The maximum atomic E-state index is 11.6. The highest BCUT2D eigenvalue weighted by Gasteiger charge is 2.19. The van der Waals surface area contributed by atoms with Crippen molar-refractivity contribution in [1.82, 2.24) is 9.78 Å². The minimum atomic E-state index is -0.418. The number of aromatic nitrogens is 2. The lowest BCUT2D eigenvalue weighted by Crippen LogP contribution is -2.14. The van der Waals surface area contributed by atoms with Gasteiger partial charge in [0.2, 0.25) is 0 Å². The summed E-state index contributed by atoms with van der Waals surface area (Å²) in [4.78, 5) is 11.6. The Morgan fingerprint density at radius 2 is 2.05 bits per heavy atom. The molecule has 104 valence electrons. The van der Waals surface area contributed by atoms with Crippen molar-refractivity contribution in [3.05, 3.63) is 42.1 Å². The highest BCUT2D eigenvalue weighted by atomic mass is 16.1. The molecular formula is C16H19N3O. The maximum Gasteiger partial charge on any atom is 0.252 e. The van der Waals surface area contributed by atoms with Crippen LogP contribution in [0.3, 0.4) is 0 Å². The van der Waals surface area contributed by atoms with E-state index in [-0.39, 0.29) is 0 Å². The van der Waals surface area contributed by atoms with Crippen molar-refractivity contribution in [2.75, 3.05) is 0 Å². The molecule has 1 heterocycles. The van der Waals surface area contributed by atoms with Crippen LogP contribution >= 0.6 is 0 Å². The summed E-state index contributed by atoms with van der Waals surface area (Å²) < 4.78 is 1.86. The van der Waals surface area contributed by atoms with Crippen molar-refractivity contribution in [2.45, 2.75) is 32.2 Å². The smallest absolute Gasteiger partial charge is 0.252 e. The third kappa shape index (κ3) is 2.59. The van der Waals surface area contributed by atoms with Crippen LogP contribution in [0.15, 0.2) is 36.5 Å². The van der Waals surface area contributed by atoms with Crippen molar-refractivity contribution in [3.8, 4) is 11.3 Å². The molecule has 1 amide bonds. The average molecular weight is 269 g/mol. The summed E-state index contributed by atoms with van der Waals surface area (Å²) >= 11 is 0. The standard InChI is InChI=1S/C16H19N3O/c17-16(20)14-11-19(10-9-12-5-4-6-12)18-15(14)13-7-2-1-3-8-13/h1-3,7-8,11-12H,4-6,9-10H2,(H2,17,20). The molecule has 1 aromatic heterocycles. The summed E-state index contributed by atoms with van der Waals surface area (Å²) in [7, 11) is 0. The van der Waals surface area contributed by atoms with Gasteiger partial charge in [0, 0.05) is 18.3 Å². The van der Waals surface area contributed by atoms with Gasteiger partial charge >= 0.3 is 0 Å². The third-order valence-electron chi connectivity index (χ3n) is 4.07. The van der Waals surface area contributed by atoms with E-state index in [1.807, 2.05) is 35.0 Å². The first-order valence-electron chi connectivity index (χ1n) is 7.16. The molecular weight excluding hydrogens is 250 g/mol. The minimum Gasteiger partial charge on any atom is -0.365 e. The molecule has 1 aliphatic carbocycles. The number of carbonyl (C=O) groups excluding carboxylic acids is 1. The van der Waals surface area contributed by atoms with Gasteiger partial charge in [-0.15, -0.1) is 0 Å². The van der Waals surface area contributed by atoms with E-state index in [0.29, 0.717) is 11.3 Å². The van der Waals surface area contributed by atoms with Gasteiger partial charge in [0.1, 0.15) is 5.69 Å². The van der Waals surface area contributed by atoms with E-state index < -0.39 is 5.91 Å². The molecule has 0 atom stereocenters. The Morgan fingerprint density at radius 1 is 1.30 bits per heavy atom. The van der Waals surface area contributed by atoms with Gasteiger partial charge in [-0.25, -0.2) is 0 Å². The number of hydrogen-bond donors (Lipinski definition) is 1. The molecule has 0 radical (unpaired) electrons. The predicted molar refractivity (Wildman–Crippen MR) is 78.1 cm³/mol. The molecule has 0 unspecified atom stereocenters. The zero-order valence-electron chi connectivity index (χ0n) is 11.5. The second kappa shape index (κ2) is 5.49. The zero-order chi connectivity index (χ0) is 13.9. The Hall–Kier alpha value is -2.10. The van der Waals surface area contributed by atoms with Gasteiger partial charge in [-0.05, 0) is 12.3 Å². The van der Waals surface area contributed by atoms with Crippen LogP contribution in [0, 0.1) is 5.92 Å². The molecule has 0 saturated heterocycles. The van der Waals surface area contributed by atoms with Crippen molar-refractivity contribution >= 4 is 5.91 Å². The summed E-state index contributed by atoms with van der Waals surface area (Å²) in [6, 6.07) is 9.72. The molecule has 4 nitrogen and oxygen atoms in total. The summed E-state index contributed by atoms with van der Waals surface area (Å²) in [5, 5.41) is 4.55. The molecule has 1 saturated carbocycles. The Balaban J connectivity index is 1.84. The quantitative estimate of drug-likeness (QED) is 0.907. The van der Waals surface area contributed by atoms with Gasteiger partial charge in [-0.2, -0.15) is 5.10 Å². The van der Waals surface area contributed by atoms with Gasteiger partial charge in [-0.1, -0.05) is 49.6 Å². The predicted octanol–water partition coefficient (Wildman–Crippen LogP) is 2.84. The number of carbonyl (C=O) groups is 1. The van der Waals surface area contributed by atoms with Crippen LogP contribution in [-0.2, 0) is 6.54 Å². The number of hydrogen-bond acceptors (Lipinski definition) is 2. The Kier molecular flexibility index (Phi) is 3.54. The lowest BCUT2D eigenvalue weighted by Gasteiger charge is -2.24. The number of rotatable bonds is 5. The van der Waals surface area contributed by atoms with E-state index in [4.69, 9.17) is 5.73 Å². The lowest BCUT2D eigenvalue weighted by atomic mass is 9.83. The molecule has 3 rings (SSSR count). The maximum absolute atomic E-state index is 11.6. The topological polar surface area (TPSA) is 60.9 Å². The van der Waals surface area contributed by atoms with Crippen LogP contribution in [0.2, 0.25) is 0 Å². The molecule has 1 aliphatic rings. The monoisotopic (exact) mass is 269 g/mol. The van der Waals surface area contributed by atoms with Crippen LogP contribution in [0.1, 0.15) is 36.0 Å². The number of benzene rings is 1. The zero-order valence-corrected chi connectivity index (χ0v) is 11.5. The van der Waals surface area contributed by atoms with Crippen LogP contribution in [0.4, 0.5) is 0 Å². The molecule has 0 bridgehead atoms. The highest BCUT2D eigenvalue weighted by Crippen LogP contribution is 2.30. The minimum absolute atomic E-state index is 0.418. The first-order chi connectivity index (χ1) is 9.74. The Bertz CT molecular complexity index is 599. The molecule has 4 heteroatoms. The molecule has 0 spiro atoms. The van der Waals surface area contributed by atoms with Crippen molar-refractivity contribution < 1.29 is 4.79 Å². The van der Waals surface area contributed by atoms with Crippen LogP contribution in [0.25, 0.3) is 11.3 Å². The van der Waals surface area contributed by atoms with E-state index in [2.05, 4.69) is 5.10 Å². The third-order valence-corrected chi connectivity index (χ3v) is 4.07. The van der Waals surface area contributed by atoms with Crippen molar-refractivity contribution in [3.63, 3.8) is 0 Å². The SMILES string of the molecule is NC(=O)c1cn(CCC2CCC2)nc1-c1ccccc1. The highest BCUT2D eigenvalue weighted by molar-refractivity contribution is 5.98.